The highest BCUT2D eigenvalue weighted by Gasteiger charge is 2.53. The number of likely N-dealkylation sites (N-methyl/N-ethyl adjacent to an activating group) is 1. The summed E-state index contributed by atoms with van der Waals surface area (Å²) in [6.07, 6.45) is -13.0. The van der Waals surface area contributed by atoms with Gasteiger partial charge < -0.3 is 97.5 Å². The summed E-state index contributed by atoms with van der Waals surface area (Å²) in [4.78, 5) is 86.0. The molecule has 0 aromatic heterocycles. The first-order chi connectivity index (χ1) is 38.7. The lowest BCUT2D eigenvalue weighted by Gasteiger charge is -2.50. The number of carbonyl (C=O) groups excluding carboxylic acids is 5. The molecule has 4 rings (SSSR count). The molecule has 26 nitrogen and oxygen atoms in total. The van der Waals surface area contributed by atoms with E-state index in [0.717, 1.165) is 0 Å². The summed E-state index contributed by atoms with van der Waals surface area (Å²) < 4.78 is 67.2. The van der Waals surface area contributed by atoms with Crippen molar-refractivity contribution < 1.29 is 121 Å². The van der Waals surface area contributed by atoms with Crippen molar-refractivity contribution in [3.8, 4) is 0 Å². The second-order valence-electron chi connectivity index (χ2n) is 23.0. The second kappa shape index (κ2) is 33.5. The van der Waals surface area contributed by atoms with Gasteiger partial charge in [-0.3, -0.25) is 19.2 Å². The van der Waals surface area contributed by atoms with E-state index in [1.54, 1.807) is 66.6 Å². The third-order valence-electron chi connectivity index (χ3n) is 15.3. The fourth-order valence-electron chi connectivity index (χ4n) is 10.9. The van der Waals surface area contributed by atoms with E-state index in [1.807, 2.05) is 26.8 Å². The summed E-state index contributed by atoms with van der Waals surface area (Å²) in [6.45, 7) is 18.8. The zero-order valence-electron chi connectivity index (χ0n) is 50.5. The molecule has 3 fully saturated rings. The van der Waals surface area contributed by atoms with Crippen molar-refractivity contribution >= 4 is 41.9 Å². The number of aldehydes is 1. The van der Waals surface area contributed by atoms with Gasteiger partial charge in [-0.05, 0) is 79.5 Å². The zero-order valence-corrected chi connectivity index (χ0v) is 50.5. The van der Waals surface area contributed by atoms with E-state index in [0.29, 0.717) is 18.3 Å². The first-order valence-corrected chi connectivity index (χ1v) is 28.1. The fraction of sp³-hybridized carbons (Fsp3) is 0.807. The van der Waals surface area contributed by atoms with Crippen molar-refractivity contribution in [2.75, 3.05) is 34.9 Å². The molecule has 0 radical (unpaired) electrons. The minimum Gasteiger partial charge on any atom is -0.479 e. The van der Waals surface area contributed by atoms with E-state index >= 15 is 0 Å². The average Bonchev–Trinajstić information content (AvgIpc) is 3.27. The molecule has 0 saturated carbocycles. The number of aliphatic carboxylic acids is 2. The normalized spacial score (nSPS) is 37.5. The third kappa shape index (κ3) is 20.9. The number of cyclic esters (lactones) is 1. The molecule has 0 amide bonds. The van der Waals surface area contributed by atoms with Gasteiger partial charge in [-0.15, -0.1) is 0 Å². The van der Waals surface area contributed by atoms with Crippen molar-refractivity contribution in [2.24, 2.45) is 29.6 Å². The SMILES string of the molecule is CCC1OC(=O)CC(O)C(C)C(OC2OC(C)C(OC3C[C@@](C)(O)C(OC(C)=O)C(C)O3)C(N(C)C)C2O)C(CC=O)CC(C)C(=O)C=CC(C)=CC1COC1OC(C)C(OC(=O)CC(C)C)C(OC)C1OC.O=C(O)C(O)C(O)C(=O)O. The van der Waals surface area contributed by atoms with Crippen LogP contribution in [0.3, 0.4) is 0 Å². The quantitative estimate of drug-likeness (QED) is 0.0520. The zero-order chi connectivity index (χ0) is 63.0. The fourth-order valence-corrected chi connectivity index (χ4v) is 10.9. The summed E-state index contributed by atoms with van der Waals surface area (Å²) in [5.74, 6) is -8.17. The van der Waals surface area contributed by atoms with Gasteiger partial charge in [-0.2, -0.15) is 0 Å². The van der Waals surface area contributed by atoms with Crippen LogP contribution in [0, 0.1) is 29.6 Å². The minimum atomic E-state index is -2.27. The predicted molar refractivity (Wildman–Crippen MR) is 290 cm³/mol. The Labute approximate surface area is 485 Å². The van der Waals surface area contributed by atoms with Gasteiger partial charge in [-0.25, -0.2) is 9.59 Å². The molecule has 0 aliphatic carbocycles. The van der Waals surface area contributed by atoms with Crippen molar-refractivity contribution in [3.05, 3.63) is 23.8 Å². The van der Waals surface area contributed by atoms with Crippen LogP contribution >= 0.6 is 0 Å². The van der Waals surface area contributed by atoms with Crippen LogP contribution < -0.4 is 0 Å². The van der Waals surface area contributed by atoms with Crippen LogP contribution in [-0.2, 0) is 85.7 Å². The van der Waals surface area contributed by atoms with E-state index in [-0.39, 0.29) is 44.0 Å². The van der Waals surface area contributed by atoms with E-state index in [2.05, 4.69) is 0 Å². The van der Waals surface area contributed by atoms with E-state index in [1.165, 1.54) is 34.1 Å². The largest absolute Gasteiger partial charge is 0.479 e. The van der Waals surface area contributed by atoms with Gasteiger partial charge in [0.1, 0.15) is 42.4 Å². The van der Waals surface area contributed by atoms with Gasteiger partial charge in [0.25, 0.3) is 0 Å². The van der Waals surface area contributed by atoms with Gasteiger partial charge in [-0.1, -0.05) is 52.3 Å². The van der Waals surface area contributed by atoms with Crippen molar-refractivity contribution in [1.82, 2.24) is 4.90 Å². The summed E-state index contributed by atoms with van der Waals surface area (Å²) in [5.41, 5.74) is -0.840. The van der Waals surface area contributed by atoms with Crippen LogP contribution in [0.25, 0.3) is 0 Å². The number of esters is 3. The highest BCUT2D eigenvalue weighted by Crippen LogP contribution is 2.38. The maximum atomic E-state index is 14.0. The Morgan fingerprint density at radius 1 is 0.831 bits per heavy atom. The monoisotopic (exact) mass is 1190 g/mol. The van der Waals surface area contributed by atoms with Gasteiger partial charge in [0.2, 0.25) is 0 Å². The Morgan fingerprint density at radius 2 is 1.42 bits per heavy atom. The molecule has 0 aromatic carbocycles. The Bertz CT molecular complexity index is 2150. The second-order valence-corrected chi connectivity index (χ2v) is 23.0. The summed E-state index contributed by atoms with van der Waals surface area (Å²) in [5, 5.41) is 67.9. The number of carbonyl (C=O) groups is 7. The van der Waals surface area contributed by atoms with Crippen molar-refractivity contribution in [1.29, 1.82) is 0 Å². The Kier molecular flexibility index (Phi) is 29.4. The van der Waals surface area contributed by atoms with E-state index in [4.69, 9.17) is 72.5 Å². The number of carboxylic acids is 2. The van der Waals surface area contributed by atoms with Crippen LogP contribution in [0.4, 0.5) is 0 Å². The molecule has 83 heavy (non-hydrogen) atoms. The third-order valence-corrected chi connectivity index (χ3v) is 15.3. The number of methoxy groups -OCH3 is 2. The summed E-state index contributed by atoms with van der Waals surface area (Å²) >= 11 is 0. The number of carboxylic acid groups (broad SMARTS) is 2. The lowest BCUT2D eigenvalue weighted by Crippen LogP contribution is -2.65. The van der Waals surface area contributed by atoms with E-state index < -0.39 is 176 Å². The summed E-state index contributed by atoms with van der Waals surface area (Å²) in [6, 6.07) is -0.786. The van der Waals surface area contributed by atoms with Crippen LogP contribution in [0.1, 0.15) is 115 Å². The smallest absolute Gasteiger partial charge is 0.335 e. The summed E-state index contributed by atoms with van der Waals surface area (Å²) in [7, 11) is 6.45. The predicted octanol–water partition coefficient (Wildman–Crippen LogP) is 1.88. The first kappa shape index (κ1) is 72.9. The molecule has 476 valence electrons. The highest BCUT2D eigenvalue weighted by molar-refractivity contribution is 5.91. The molecular formula is C57H93NO25. The van der Waals surface area contributed by atoms with Gasteiger partial charge in [0.15, 0.2) is 49.1 Å². The number of aliphatic hydroxyl groups is 5. The number of nitrogens with zero attached hydrogens (tertiary/aromatic N) is 1. The number of hydrogen-bond donors (Lipinski definition) is 7. The van der Waals surface area contributed by atoms with Gasteiger partial charge >= 0.3 is 29.8 Å². The molecule has 0 aromatic rings. The number of aliphatic hydroxyl groups excluding tert-OH is 4. The van der Waals surface area contributed by atoms with Crippen LogP contribution in [0.15, 0.2) is 23.8 Å². The standard InChI is InChI=1S/C53H87NO19.C4H6O6/c1-16-39-36(26-65-52-49(64-15)48(63-14)47(32(8)68-52)71-40(59)21-27(2)3)22-28(4)17-18-37(57)29(5)23-35(19-20-55)45(30(6)38(58)24-41(60)70-39)73-51-44(61)43(54(12)13)46(31(7)67-51)72-42-25-53(11,62)50(33(9)66-42)69-34(10)56;5-1(3(7)8)2(6)4(9)10/h17-18,20,22,27,29-33,35-36,38-39,42-52,58,61-62H,16,19,21,23-26H2,1-15H3;1-2,5-6H,(H,7,8)(H,9,10)/t29?,30?,31?,32?,33?,35?,36?,38?,39?,42?,43?,44?,45?,46?,47?,48?,49?,50?,51?,52?,53-;/m1./s1. The minimum absolute atomic E-state index is 0.0405. The van der Waals surface area contributed by atoms with Gasteiger partial charge in [0, 0.05) is 58.2 Å². The van der Waals surface area contributed by atoms with E-state index in [9.17, 15) is 48.9 Å². The Balaban J connectivity index is 0.00000164. The number of allylic oxidation sites excluding steroid dienone is 3. The number of ketones is 1. The maximum absolute atomic E-state index is 14.0. The number of ether oxygens (including phenoxy) is 11. The molecule has 4 heterocycles. The lowest BCUT2D eigenvalue weighted by molar-refractivity contribution is -0.342. The molecule has 0 bridgehead atoms. The molecule has 4 aliphatic heterocycles. The van der Waals surface area contributed by atoms with Crippen LogP contribution in [-0.4, -0.2) is 233 Å². The topological polar surface area (TPSA) is 366 Å². The van der Waals surface area contributed by atoms with Gasteiger partial charge in [0.05, 0.1) is 49.6 Å². The molecular weight excluding hydrogens is 1100 g/mol. The average molecular weight is 1190 g/mol. The number of hydrogen-bond acceptors (Lipinski definition) is 24. The maximum Gasteiger partial charge on any atom is 0.335 e. The molecule has 4 aliphatic rings. The molecule has 26 heteroatoms. The van der Waals surface area contributed by atoms with Crippen LogP contribution in [0.2, 0.25) is 0 Å². The molecule has 7 N–H and O–H groups in total. The highest BCUT2D eigenvalue weighted by atomic mass is 16.7. The first-order valence-electron chi connectivity index (χ1n) is 28.1. The molecule has 23 atom stereocenters. The van der Waals surface area contributed by atoms with Crippen molar-refractivity contribution in [2.45, 2.75) is 231 Å². The molecule has 3 saturated heterocycles. The molecule has 22 unspecified atom stereocenters. The molecule has 0 spiro atoms. The Hall–Kier alpha value is -4.39. The number of rotatable bonds is 20. The van der Waals surface area contributed by atoms with Crippen molar-refractivity contribution in [3.63, 3.8) is 0 Å². The Morgan fingerprint density at radius 3 is 1.94 bits per heavy atom. The van der Waals surface area contributed by atoms with Crippen LogP contribution in [0.5, 0.6) is 0 Å². The lowest BCUT2D eigenvalue weighted by atomic mass is 9.79.